The fraction of sp³-hybridized carbons (Fsp3) is 0.226. The zero-order valence-corrected chi connectivity index (χ0v) is 76.5. The molecule has 0 saturated carbocycles. The molecule has 0 atom stereocenters. The van der Waals surface area contributed by atoms with Gasteiger partial charge in [-0.05, 0) is 230 Å². The van der Waals surface area contributed by atoms with Gasteiger partial charge in [-0.1, -0.05) is 123 Å². The molecule has 0 saturated heterocycles. The summed E-state index contributed by atoms with van der Waals surface area (Å²) in [5.41, 5.74) is 8.53. The summed E-state index contributed by atoms with van der Waals surface area (Å²) in [5.74, 6) is 12.6. The summed E-state index contributed by atoms with van der Waals surface area (Å²) in [7, 11) is 0.181. The van der Waals surface area contributed by atoms with Gasteiger partial charge in [-0.2, -0.15) is 0 Å². The van der Waals surface area contributed by atoms with E-state index in [2.05, 4.69) is 123 Å². The second kappa shape index (κ2) is 54.8. The van der Waals surface area contributed by atoms with Gasteiger partial charge in [0.05, 0.1) is 73.4 Å². The Hall–Kier alpha value is -12.3. The Morgan fingerprint density at radius 2 is 0.680 bits per heavy atom. The van der Waals surface area contributed by atoms with Crippen LogP contribution in [-0.4, -0.2) is 117 Å². The number of halogens is 8. The lowest BCUT2D eigenvalue weighted by atomic mass is 10.0. The maximum atomic E-state index is 14.3. The first-order valence-corrected chi connectivity index (χ1v) is 43.0. The quantitative estimate of drug-likeness (QED) is 0.0145. The van der Waals surface area contributed by atoms with Gasteiger partial charge < -0.3 is 48.1 Å². The lowest BCUT2D eigenvalue weighted by molar-refractivity contribution is -0.167. The first-order chi connectivity index (χ1) is 57.3. The Morgan fingerprint density at radius 1 is 0.393 bits per heavy atom. The number of esters is 8. The monoisotopic (exact) mass is 2030 g/mol. The molecule has 0 aliphatic rings. The van der Waals surface area contributed by atoms with Crippen LogP contribution >= 0.6 is 77.0 Å². The van der Waals surface area contributed by atoms with Crippen LogP contribution in [0.3, 0.4) is 0 Å². The zero-order valence-electron chi connectivity index (χ0n) is 68.0. The van der Waals surface area contributed by atoms with E-state index in [-0.39, 0.29) is 76.8 Å². The topological polar surface area (TPSA) is 285 Å². The number of hydrogen-bond acceptors (Lipinski definition) is 18. The number of aliphatic carboxylic acids is 1. The Kier molecular flexibility index (Phi) is 47.5. The number of carbonyl (C=O) groups excluding carboxylic acids is 8. The summed E-state index contributed by atoms with van der Waals surface area (Å²) >= 11 is 10.4. The molecule has 0 fully saturated rings. The highest BCUT2D eigenvalue weighted by Gasteiger charge is 2.18. The van der Waals surface area contributed by atoms with Gasteiger partial charge in [-0.3, -0.25) is 28.8 Å². The second-order valence-corrected chi connectivity index (χ2v) is 35.6. The number of hydrogen-bond donors (Lipinski definition) is 2. The largest absolute Gasteiger partial charge is 0.481 e. The third kappa shape index (κ3) is 44.1. The predicted octanol–water partition coefficient (Wildman–Crippen LogP) is 17.6. The molecule has 0 aliphatic heterocycles. The number of terminal acetylenes is 5. The first-order valence-electron chi connectivity index (χ1n) is 35.8. The van der Waals surface area contributed by atoms with E-state index in [4.69, 9.17) is 61.3 Å². The highest BCUT2D eigenvalue weighted by atomic mass is 127. The molecule has 634 valence electrons. The maximum Gasteiger partial charge on any atom is 0.338 e. The fourth-order valence-corrected chi connectivity index (χ4v) is 10.8. The van der Waals surface area contributed by atoms with Crippen molar-refractivity contribution in [1.29, 1.82) is 0 Å². The highest BCUT2D eigenvalue weighted by molar-refractivity contribution is 14.1. The van der Waals surface area contributed by atoms with E-state index in [0.29, 0.717) is 55.6 Å². The molecular weight excluding hydrogens is 1950 g/mol. The summed E-state index contributed by atoms with van der Waals surface area (Å²) in [6, 6.07) is 36.7. The van der Waals surface area contributed by atoms with E-state index in [0.717, 1.165) is 16.1 Å². The van der Waals surface area contributed by atoms with Crippen LogP contribution in [0.4, 0.5) is 17.6 Å². The Balaban J connectivity index is 0.000000507. The third-order valence-electron chi connectivity index (χ3n) is 14.1. The van der Waals surface area contributed by atoms with E-state index in [1.165, 1.54) is 81.6 Å². The van der Waals surface area contributed by atoms with Crippen LogP contribution in [-0.2, 0) is 92.3 Å². The lowest BCUT2D eigenvalue weighted by Gasteiger charge is -2.08. The molecule has 0 heterocycles. The van der Waals surface area contributed by atoms with Crippen LogP contribution in [0, 0.1) is 115 Å². The number of aromatic carboxylic acids is 1. The van der Waals surface area contributed by atoms with Crippen molar-refractivity contribution in [2.24, 2.45) is 0 Å². The molecule has 122 heavy (non-hydrogen) atoms. The molecule has 0 spiro atoms. The Bertz CT molecular complexity index is 5430. The van der Waals surface area contributed by atoms with Crippen molar-refractivity contribution in [2.75, 3.05) is 20.7 Å². The maximum absolute atomic E-state index is 14.3. The number of benzene rings is 8. The number of carbonyl (C=O) groups is 10. The molecule has 29 heteroatoms. The number of ether oxygens (including phenoxy) is 8. The average Bonchev–Trinajstić information content (AvgIpc) is 0.842. The predicted molar refractivity (Wildman–Crippen MR) is 477 cm³/mol. The van der Waals surface area contributed by atoms with Crippen molar-refractivity contribution < 1.29 is 114 Å². The van der Waals surface area contributed by atoms with Gasteiger partial charge in [0.2, 0.25) is 13.6 Å². The molecule has 0 radical (unpaired) electrons. The standard InChI is InChI=1S/C25H21FO6.C22H17FO4.C14H12O2.C11H10FIO4.C9H8FIO2.C7H4Br2O2.C5H10Si/c1-5-18-10-20(12-22(11-18)25(29)32-16(2)3)7-6-19-8-9-21(23(26)13-19)14-24(28)31-15-30-17(4)27;1-4-15-9-17(11-19(10-15)22(26)27-14(2)3)6-5-16-7-8-18(13-21(24)25)20(23)12-16;1-5-11-7-12(6-2)9-13(8-11)14(15)16-10(3)4;1-7(14)16-6-17-11(15)4-8-2-3-9(13)5-10(8)12;1-13-9(12)4-6-2-3-7(11)5-8(6)10;8-5-1-4(7(10)11)2-6(9)3-5;1-5-6(2,3)4/h1,8-13,16H,14-15H2,2-4H3;1,7-12,14H,13H2,2-3H3,(H,24,25);1-2,7-10H,3-4H3;2-3,5H,4,6H2,1H3;2-3,5H,4H2,1H3;1-3H,(H,10,11);1H,2-4H3. The SMILES string of the molecule is C#C[Si](C)(C)C.C#Cc1cc(C#C)cc(C(=O)OC(C)C)c1.C#Cc1cc(C#Cc2ccc(CC(=O)O)c(F)c2)cc(C(=O)OC(C)C)c1.C#Cc1cc(C#Cc2ccc(CC(=O)OCOC(C)=O)c(F)c2)cc(C(=O)OC(C)C)c1.CC(=O)OCOC(=O)Cc1ccc(I)cc1F.COC(=O)Cc1ccc(I)cc1F.O=C(O)c1cc(Br)cc(Br)c1. The molecule has 0 aliphatic carbocycles. The molecule has 8 rings (SSSR count). The molecule has 2 N–H and O–H groups in total. The third-order valence-corrected chi connectivity index (χ3v) is 17.2. The van der Waals surface area contributed by atoms with Gasteiger partial charge >= 0.3 is 59.7 Å². The van der Waals surface area contributed by atoms with Gasteiger partial charge in [-0.25, -0.2) is 36.7 Å². The van der Waals surface area contributed by atoms with Crippen molar-refractivity contribution in [2.45, 2.75) is 119 Å². The van der Waals surface area contributed by atoms with E-state index < -0.39 is 105 Å². The minimum Gasteiger partial charge on any atom is -0.481 e. The van der Waals surface area contributed by atoms with E-state index in [1.54, 1.807) is 126 Å². The number of carboxylic acid groups (broad SMARTS) is 2. The van der Waals surface area contributed by atoms with Gasteiger partial charge in [0.15, 0.2) is 0 Å². The van der Waals surface area contributed by atoms with E-state index >= 15 is 0 Å². The van der Waals surface area contributed by atoms with Crippen molar-refractivity contribution >= 4 is 145 Å². The Labute approximate surface area is 751 Å². The average molecular weight is 2040 g/mol. The van der Waals surface area contributed by atoms with E-state index in [9.17, 15) is 65.5 Å². The molecule has 0 amide bonds. The summed E-state index contributed by atoms with van der Waals surface area (Å²) in [5, 5.41) is 17.3. The van der Waals surface area contributed by atoms with Gasteiger partial charge in [0, 0.05) is 74.4 Å². The summed E-state index contributed by atoms with van der Waals surface area (Å²) < 4.78 is 95.9. The second-order valence-electron chi connectivity index (χ2n) is 26.5. The van der Waals surface area contributed by atoms with Crippen LogP contribution in [0.15, 0.2) is 155 Å². The van der Waals surface area contributed by atoms with Crippen LogP contribution < -0.4 is 0 Å². The first kappa shape index (κ1) is 106. The minimum absolute atomic E-state index is 0.0146. The smallest absolute Gasteiger partial charge is 0.338 e. The van der Waals surface area contributed by atoms with Crippen LogP contribution in [0.5, 0.6) is 0 Å². The van der Waals surface area contributed by atoms with Crippen LogP contribution in [0.25, 0.3) is 0 Å². The normalized spacial score (nSPS) is 9.79. The summed E-state index contributed by atoms with van der Waals surface area (Å²) in [4.78, 5) is 112. The summed E-state index contributed by atoms with van der Waals surface area (Å²) in [6.07, 6.45) is 24.9. The number of methoxy groups -OCH3 is 1. The van der Waals surface area contributed by atoms with Crippen LogP contribution in [0.2, 0.25) is 19.6 Å². The van der Waals surface area contributed by atoms with Crippen molar-refractivity contribution in [1.82, 2.24) is 0 Å². The molecule has 8 aromatic rings. The summed E-state index contributed by atoms with van der Waals surface area (Å²) in [6.45, 7) is 18.4. The van der Waals surface area contributed by atoms with Crippen LogP contribution in [0.1, 0.15) is 164 Å². The number of rotatable bonds is 19. The molecule has 8 aromatic carbocycles. The lowest BCUT2D eigenvalue weighted by Crippen LogP contribution is -2.15. The molecule has 0 bridgehead atoms. The molecule has 0 aromatic heterocycles. The van der Waals surface area contributed by atoms with Gasteiger partial charge in [0.25, 0.3) is 0 Å². The van der Waals surface area contributed by atoms with Gasteiger partial charge in [-0.15, -0.1) is 37.7 Å². The molecule has 0 unspecified atom stereocenters. The minimum atomic E-state index is -1.11. The highest BCUT2D eigenvalue weighted by Crippen LogP contribution is 2.22. The van der Waals surface area contributed by atoms with Crippen molar-refractivity contribution in [3.63, 3.8) is 0 Å². The molecule has 20 nitrogen and oxygen atoms in total. The number of carboxylic acids is 2. The van der Waals surface area contributed by atoms with Gasteiger partial charge in [0.1, 0.15) is 31.3 Å². The Morgan fingerprint density at radius 3 is 0.951 bits per heavy atom. The zero-order chi connectivity index (χ0) is 92.1. The molecular formula is C93H82Br2F4I2O20Si. The van der Waals surface area contributed by atoms with Crippen molar-refractivity contribution in [3.05, 3.63) is 274 Å². The fourth-order valence-electron chi connectivity index (χ4n) is 8.55. The van der Waals surface area contributed by atoms with E-state index in [1.807, 2.05) is 45.2 Å². The van der Waals surface area contributed by atoms with Crippen molar-refractivity contribution in [3.8, 4) is 85.0 Å².